The fourth-order valence-corrected chi connectivity index (χ4v) is 2.84. The zero-order valence-electron chi connectivity index (χ0n) is 10.9. The first-order valence-electron chi connectivity index (χ1n) is 6.45. The van der Waals surface area contributed by atoms with Crippen LogP contribution >= 0.6 is 0 Å². The number of anilines is 1. The van der Waals surface area contributed by atoms with Crippen LogP contribution in [0.5, 0.6) is 11.6 Å². The van der Waals surface area contributed by atoms with Crippen LogP contribution in [0.1, 0.15) is 24.4 Å². The molecule has 3 heterocycles. The molecule has 1 N–H and O–H groups in total. The quantitative estimate of drug-likeness (QED) is 0.863. The predicted molar refractivity (Wildman–Crippen MR) is 69.4 cm³/mol. The summed E-state index contributed by atoms with van der Waals surface area (Å²) in [5.41, 5.74) is 2.29. The van der Waals surface area contributed by atoms with E-state index < -0.39 is 0 Å². The first kappa shape index (κ1) is 11.6. The van der Waals surface area contributed by atoms with Crippen LogP contribution in [-0.4, -0.2) is 43.7 Å². The van der Waals surface area contributed by atoms with Crippen molar-refractivity contribution in [2.45, 2.75) is 18.9 Å². The van der Waals surface area contributed by atoms with Crippen molar-refractivity contribution in [1.29, 1.82) is 0 Å². The highest BCUT2D eigenvalue weighted by molar-refractivity contribution is 5.67. The zero-order chi connectivity index (χ0) is 12.5. The summed E-state index contributed by atoms with van der Waals surface area (Å²) in [5.74, 6) is 1.34. The Bertz CT molecular complexity index is 450. The Morgan fingerprint density at radius 3 is 3.17 bits per heavy atom. The summed E-state index contributed by atoms with van der Waals surface area (Å²) in [6, 6.07) is 0.436. The van der Waals surface area contributed by atoms with Gasteiger partial charge in [-0.2, -0.15) is 0 Å². The lowest BCUT2D eigenvalue weighted by atomic mass is 10.0. The van der Waals surface area contributed by atoms with Gasteiger partial charge in [0.05, 0.1) is 12.8 Å². The summed E-state index contributed by atoms with van der Waals surface area (Å²) in [6.45, 7) is 2.64. The second-order valence-corrected chi connectivity index (χ2v) is 4.84. The van der Waals surface area contributed by atoms with Crippen molar-refractivity contribution < 1.29 is 9.47 Å². The van der Waals surface area contributed by atoms with E-state index in [0.717, 1.165) is 24.5 Å². The van der Waals surface area contributed by atoms with Crippen LogP contribution in [0.4, 0.5) is 5.69 Å². The fourth-order valence-electron chi connectivity index (χ4n) is 2.84. The second kappa shape index (κ2) is 4.65. The molecule has 2 aliphatic heterocycles. The first-order valence-corrected chi connectivity index (χ1v) is 6.45. The summed E-state index contributed by atoms with van der Waals surface area (Å²) < 4.78 is 11.0. The van der Waals surface area contributed by atoms with Gasteiger partial charge in [0.25, 0.3) is 5.88 Å². The van der Waals surface area contributed by atoms with E-state index >= 15 is 0 Å². The van der Waals surface area contributed by atoms with Gasteiger partial charge < -0.3 is 14.8 Å². The predicted octanol–water partition coefficient (Wildman–Crippen LogP) is 1.66. The lowest BCUT2D eigenvalue weighted by Crippen LogP contribution is -2.24. The highest BCUT2D eigenvalue weighted by Crippen LogP contribution is 2.43. The number of hydrogen-bond acceptors (Lipinski definition) is 5. The second-order valence-electron chi connectivity index (χ2n) is 4.84. The van der Waals surface area contributed by atoms with E-state index in [1.54, 1.807) is 7.11 Å². The molecule has 0 spiro atoms. The summed E-state index contributed by atoms with van der Waals surface area (Å²) >= 11 is 0. The molecule has 2 aliphatic rings. The Morgan fingerprint density at radius 2 is 2.44 bits per heavy atom. The number of fused-ring (bicyclic) bond motifs is 1. The maximum atomic E-state index is 5.71. The molecule has 5 heteroatoms. The van der Waals surface area contributed by atoms with E-state index in [-0.39, 0.29) is 0 Å². The molecule has 0 radical (unpaired) electrons. The van der Waals surface area contributed by atoms with Crippen LogP contribution in [0.15, 0.2) is 6.20 Å². The Kier molecular flexibility index (Phi) is 2.99. The third-order valence-corrected chi connectivity index (χ3v) is 3.75. The zero-order valence-corrected chi connectivity index (χ0v) is 10.9. The van der Waals surface area contributed by atoms with E-state index in [0.29, 0.717) is 18.5 Å². The summed E-state index contributed by atoms with van der Waals surface area (Å²) in [6.07, 6.45) is 4.34. The van der Waals surface area contributed by atoms with Gasteiger partial charge in [-0.3, -0.25) is 4.90 Å². The van der Waals surface area contributed by atoms with Crippen LogP contribution in [0.25, 0.3) is 0 Å². The van der Waals surface area contributed by atoms with Gasteiger partial charge in [0.2, 0.25) is 5.75 Å². The van der Waals surface area contributed by atoms with Crippen molar-refractivity contribution in [2.75, 3.05) is 39.2 Å². The normalized spacial score (nSPS) is 23.1. The van der Waals surface area contributed by atoms with Gasteiger partial charge in [0.15, 0.2) is 0 Å². The van der Waals surface area contributed by atoms with E-state index in [2.05, 4.69) is 22.2 Å². The first-order chi connectivity index (χ1) is 8.81. The Morgan fingerprint density at radius 1 is 1.56 bits per heavy atom. The number of ether oxygens (including phenoxy) is 2. The van der Waals surface area contributed by atoms with Gasteiger partial charge in [-0.05, 0) is 26.4 Å². The van der Waals surface area contributed by atoms with Crippen molar-refractivity contribution in [2.24, 2.45) is 0 Å². The number of nitrogens with one attached hydrogen (secondary N) is 1. The maximum Gasteiger partial charge on any atom is 0.258 e. The molecule has 0 amide bonds. The Hall–Kier alpha value is -1.49. The number of hydrogen-bond donors (Lipinski definition) is 1. The largest absolute Gasteiger partial charge is 0.485 e. The SMILES string of the molecule is COc1ncc([C@@H]2CCCN2C)c2c1OCCN2. The van der Waals surface area contributed by atoms with Crippen LogP contribution in [-0.2, 0) is 0 Å². The van der Waals surface area contributed by atoms with Crippen molar-refractivity contribution in [3.05, 3.63) is 11.8 Å². The molecule has 0 saturated carbocycles. The third kappa shape index (κ3) is 1.79. The smallest absolute Gasteiger partial charge is 0.258 e. The fraction of sp³-hybridized carbons (Fsp3) is 0.615. The number of likely N-dealkylation sites (tertiary alicyclic amines) is 1. The van der Waals surface area contributed by atoms with Gasteiger partial charge >= 0.3 is 0 Å². The average Bonchev–Trinajstić information content (AvgIpc) is 2.83. The van der Waals surface area contributed by atoms with Gasteiger partial charge in [-0.1, -0.05) is 0 Å². The van der Waals surface area contributed by atoms with Crippen molar-refractivity contribution in [3.63, 3.8) is 0 Å². The summed E-state index contributed by atoms with van der Waals surface area (Å²) in [7, 11) is 3.79. The van der Waals surface area contributed by atoms with Crippen molar-refractivity contribution in [3.8, 4) is 11.6 Å². The number of pyridine rings is 1. The average molecular weight is 249 g/mol. The molecule has 1 atom stereocenters. The molecule has 0 aliphatic carbocycles. The number of nitrogens with zero attached hydrogens (tertiary/aromatic N) is 2. The molecule has 1 saturated heterocycles. The molecule has 3 rings (SSSR count). The monoisotopic (exact) mass is 249 g/mol. The minimum atomic E-state index is 0.436. The molecule has 18 heavy (non-hydrogen) atoms. The lowest BCUT2D eigenvalue weighted by Gasteiger charge is -2.27. The molecular formula is C13H19N3O2. The molecule has 1 aromatic heterocycles. The molecule has 1 fully saturated rings. The topological polar surface area (TPSA) is 46.6 Å². The molecule has 0 bridgehead atoms. The van der Waals surface area contributed by atoms with Crippen LogP contribution in [0.3, 0.4) is 0 Å². The van der Waals surface area contributed by atoms with Gasteiger partial charge in [-0.15, -0.1) is 0 Å². The molecule has 1 aromatic rings. The maximum absolute atomic E-state index is 5.71. The summed E-state index contributed by atoms with van der Waals surface area (Å²) in [5, 5.41) is 3.43. The third-order valence-electron chi connectivity index (χ3n) is 3.75. The minimum absolute atomic E-state index is 0.436. The number of aromatic nitrogens is 1. The van der Waals surface area contributed by atoms with Gasteiger partial charge in [0, 0.05) is 24.3 Å². The number of methoxy groups -OCH3 is 1. The number of rotatable bonds is 2. The highest BCUT2D eigenvalue weighted by atomic mass is 16.5. The molecule has 0 unspecified atom stereocenters. The molecule has 0 aromatic carbocycles. The van der Waals surface area contributed by atoms with Crippen LogP contribution < -0.4 is 14.8 Å². The highest BCUT2D eigenvalue weighted by Gasteiger charge is 2.29. The Balaban J connectivity index is 2.04. The van der Waals surface area contributed by atoms with E-state index in [1.165, 1.54) is 18.4 Å². The minimum Gasteiger partial charge on any atom is -0.485 e. The van der Waals surface area contributed by atoms with Gasteiger partial charge in [0.1, 0.15) is 6.61 Å². The standard InChI is InChI=1S/C13H19N3O2/c1-16-6-3-4-10(16)9-8-15-13(17-2)12-11(9)14-5-7-18-12/h8,10,14H,3-7H2,1-2H3/t10-/m0/s1. The molecule has 98 valence electrons. The van der Waals surface area contributed by atoms with Crippen molar-refractivity contribution in [1.82, 2.24) is 9.88 Å². The van der Waals surface area contributed by atoms with E-state index in [1.807, 2.05) is 6.20 Å². The molecule has 5 nitrogen and oxygen atoms in total. The lowest BCUT2D eigenvalue weighted by molar-refractivity contribution is 0.284. The van der Waals surface area contributed by atoms with Crippen LogP contribution in [0.2, 0.25) is 0 Å². The van der Waals surface area contributed by atoms with E-state index in [9.17, 15) is 0 Å². The summed E-state index contributed by atoms with van der Waals surface area (Å²) in [4.78, 5) is 6.75. The van der Waals surface area contributed by atoms with Crippen LogP contribution in [0, 0.1) is 0 Å². The Labute approximate surface area is 107 Å². The molecular weight excluding hydrogens is 230 g/mol. The van der Waals surface area contributed by atoms with E-state index in [4.69, 9.17) is 9.47 Å². The van der Waals surface area contributed by atoms with Gasteiger partial charge in [-0.25, -0.2) is 4.98 Å². The van der Waals surface area contributed by atoms with Crippen molar-refractivity contribution >= 4 is 5.69 Å².